The van der Waals surface area contributed by atoms with Gasteiger partial charge in [-0.1, -0.05) is 41.4 Å². The molecule has 0 unspecified atom stereocenters. The highest BCUT2D eigenvalue weighted by Crippen LogP contribution is 2.32. The van der Waals surface area contributed by atoms with E-state index in [1.54, 1.807) is 24.0 Å². The van der Waals surface area contributed by atoms with Crippen molar-refractivity contribution in [3.8, 4) is 17.1 Å². The predicted molar refractivity (Wildman–Crippen MR) is 86.4 cm³/mol. The molecule has 0 saturated heterocycles. The van der Waals surface area contributed by atoms with Crippen LogP contribution in [-0.4, -0.2) is 21.8 Å². The first kappa shape index (κ1) is 13.9. The molecule has 1 aromatic carbocycles. The van der Waals surface area contributed by atoms with Crippen molar-refractivity contribution in [2.45, 2.75) is 0 Å². The van der Waals surface area contributed by atoms with Crippen LogP contribution >= 0.6 is 23.2 Å². The fourth-order valence-corrected chi connectivity index (χ4v) is 2.63. The molecular weight excluding hydrogens is 307 g/mol. The number of hydrogen-bond donors (Lipinski definition) is 1. The molecule has 0 aliphatic carbocycles. The van der Waals surface area contributed by atoms with Gasteiger partial charge in [-0.2, -0.15) is 5.10 Å². The maximum absolute atomic E-state index is 6.29. The number of aromatic nitrogens is 3. The summed E-state index contributed by atoms with van der Waals surface area (Å²) in [4.78, 5) is 4.48. The Morgan fingerprint density at radius 3 is 2.52 bits per heavy atom. The molecule has 0 aliphatic heterocycles. The summed E-state index contributed by atoms with van der Waals surface area (Å²) in [6.07, 6.45) is 1.72. The monoisotopic (exact) mass is 318 g/mol. The van der Waals surface area contributed by atoms with E-state index >= 15 is 0 Å². The number of para-hydroxylation sites is 1. The molecule has 3 aromatic rings. The third-order valence-electron chi connectivity index (χ3n) is 3.05. The maximum Gasteiger partial charge on any atom is 0.145 e. The number of rotatable bonds is 3. The number of halogens is 2. The number of anilines is 1. The van der Waals surface area contributed by atoms with Gasteiger partial charge in [0.15, 0.2) is 0 Å². The zero-order valence-corrected chi connectivity index (χ0v) is 12.7. The molecule has 0 amide bonds. The van der Waals surface area contributed by atoms with Gasteiger partial charge in [-0.05, 0) is 24.3 Å². The van der Waals surface area contributed by atoms with E-state index in [-0.39, 0.29) is 0 Å². The van der Waals surface area contributed by atoms with Crippen LogP contribution in [-0.2, 0) is 0 Å². The molecule has 2 heterocycles. The molecule has 0 atom stereocenters. The molecule has 21 heavy (non-hydrogen) atoms. The zero-order valence-electron chi connectivity index (χ0n) is 11.2. The van der Waals surface area contributed by atoms with Gasteiger partial charge in [0.25, 0.3) is 0 Å². The minimum absolute atomic E-state index is 0.483. The van der Waals surface area contributed by atoms with Crippen molar-refractivity contribution in [1.29, 1.82) is 0 Å². The zero-order chi connectivity index (χ0) is 14.8. The van der Waals surface area contributed by atoms with Crippen LogP contribution in [0.2, 0.25) is 10.0 Å². The molecule has 0 fully saturated rings. The second-order valence-corrected chi connectivity index (χ2v) is 5.18. The van der Waals surface area contributed by atoms with Crippen molar-refractivity contribution in [1.82, 2.24) is 14.8 Å². The first-order valence-electron chi connectivity index (χ1n) is 6.34. The molecule has 0 aliphatic rings. The van der Waals surface area contributed by atoms with Crippen LogP contribution in [0.3, 0.4) is 0 Å². The molecule has 3 rings (SSSR count). The van der Waals surface area contributed by atoms with Crippen LogP contribution in [0.15, 0.2) is 48.7 Å². The summed E-state index contributed by atoms with van der Waals surface area (Å²) in [5.41, 5.74) is 2.38. The van der Waals surface area contributed by atoms with Gasteiger partial charge in [-0.15, -0.1) is 0 Å². The van der Waals surface area contributed by atoms with E-state index in [1.807, 2.05) is 36.4 Å². The van der Waals surface area contributed by atoms with Gasteiger partial charge in [-0.3, -0.25) is 0 Å². The van der Waals surface area contributed by atoms with E-state index in [9.17, 15) is 0 Å². The Hall–Kier alpha value is -2.04. The average molecular weight is 319 g/mol. The van der Waals surface area contributed by atoms with Crippen LogP contribution < -0.4 is 5.32 Å². The van der Waals surface area contributed by atoms with E-state index in [4.69, 9.17) is 23.2 Å². The molecule has 6 heteroatoms. The summed E-state index contributed by atoms with van der Waals surface area (Å²) < 4.78 is 1.79. The quantitative estimate of drug-likeness (QED) is 0.783. The normalized spacial score (nSPS) is 10.6. The minimum atomic E-state index is 0.483. The van der Waals surface area contributed by atoms with Crippen LogP contribution in [0.25, 0.3) is 17.1 Å². The summed E-state index contributed by atoms with van der Waals surface area (Å²) in [5, 5.41) is 8.27. The van der Waals surface area contributed by atoms with E-state index in [0.717, 1.165) is 11.4 Å². The Morgan fingerprint density at radius 2 is 1.81 bits per heavy atom. The number of pyridine rings is 1. The summed E-state index contributed by atoms with van der Waals surface area (Å²) >= 11 is 12.4. The second-order valence-electron chi connectivity index (χ2n) is 4.36. The van der Waals surface area contributed by atoms with Gasteiger partial charge in [0.05, 0.1) is 27.6 Å². The minimum Gasteiger partial charge on any atom is -0.372 e. The molecule has 4 nitrogen and oxygen atoms in total. The smallest absolute Gasteiger partial charge is 0.145 e. The topological polar surface area (TPSA) is 42.7 Å². The van der Waals surface area contributed by atoms with Gasteiger partial charge in [0.2, 0.25) is 0 Å². The van der Waals surface area contributed by atoms with E-state index in [2.05, 4.69) is 15.4 Å². The highest BCUT2D eigenvalue weighted by Gasteiger charge is 2.15. The summed E-state index contributed by atoms with van der Waals surface area (Å²) in [6, 6.07) is 13.4. The van der Waals surface area contributed by atoms with Gasteiger partial charge in [0, 0.05) is 7.05 Å². The van der Waals surface area contributed by atoms with Gasteiger partial charge in [0.1, 0.15) is 11.5 Å². The standard InChI is InChI=1S/C15H12Cl2N4/c1-18-15-12(17)9-11(16)14(20-15)13-7-8-19-21(13)10-5-3-2-4-6-10/h2-9H,1H3,(H,18,20). The molecule has 106 valence electrons. The molecule has 2 aromatic heterocycles. The maximum atomic E-state index is 6.29. The number of benzene rings is 1. The Morgan fingerprint density at radius 1 is 1.05 bits per heavy atom. The molecule has 0 saturated carbocycles. The van der Waals surface area contributed by atoms with Crippen molar-refractivity contribution in [2.24, 2.45) is 0 Å². The number of nitrogens with zero attached hydrogens (tertiary/aromatic N) is 3. The molecule has 0 bridgehead atoms. The van der Waals surface area contributed by atoms with Crippen LogP contribution in [0, 0.1) is 0 Å². The average Bonchev–Trinajstić information content (AvgIpc) is 2.97. The van der Waals surface area contributed by atoms with E-state index in [1.165, 1.54) is 0 Å². The highest BCUT2D eigenvalue weighted by atomic mass is 35.5. The fraction of sp³-hybridized carbons (Fsp3) is 0.0667. The third kappa shape index (κ3) is 2.60. The molecular formula is C15H12Cl2N4. The van der Waals surface area contributed by atoms with Crippen molar-refractivity contribution < 1.29 is 0 Å². The molecule has 0 spiro atoms. The summed E-state index contributed by atoms with van der Waals surface area (Å²) in [7, 11) is 1.76. The lowest BCUT2D eigenvalue weighted by Crippen LogP contribution is -2.02. The Balaban J connectivity index is 2.17. The Bertz CT molecular complexity index is 769. The molecule has 0 radical (unpaired) electrons. The summed E-state index contributed by atoms with van der Waals surface area (Å²) in [5.74, 6) is 0.580. The van der Waals surface area contributed by atoms with Gasteiger partial charge < -0.3 is 5.32 Å². The fourth-order valence-electron chi connectivity index (χ4n) is 2.08. The van der Waals surface area contributed by atoms with E-state index < -0.39 is 0 Å². The van der Waals surface area contributed by atoms with Crippen molar-refractivity contribution >= 4 is 29.0 Å². The van der Waals surface area contributed by atoms with Gasteiger partial charge >= 0.3 is 0 Å². The lowest BCUT2D eigenvalue weighted by Gasteiger charge is -2.11. The SMILES string of the molecule is CNc1nc(-c2ccnn2-c2ccccc2)c(Cl)cc1Cl. The van der Waals surface area contributed by atoms with Crippen LogP contribution in [0.4, 0.5) is 5.82 Å². The third-order valence-corrected chi connectivity index (χ3v) is 3.63. The second kappa shape index (κ2) is 5.76. The van der Waals surface area contributed by atoms with E-state index in [0.29, 0.717) is 21.6 Å². The van der Waals surface area contributed by atoms with Crippen LogP contribution in [0.5, 0.6) is 0 Å². The van der Waals surface area contributed by atoms with Crippen molar-refractivity contribution in [2.75, 3.05) is 12.4 Å². The largest absolute Gasteiger partial charge is 0.372 e. The van der Waals surface area contributed by atoms with Crippen LogP contribution in [0.1, 0.15) is 0 Å². The molecule has 1 N–H and O–H groups in total. The predicted octanol–water partition coefficient (Wildman–Crippen LogP) is 4.28. The number of nitrogens with one attached hydrogen (secondary N) is 1. The lowest BCUT2D eigenvalue weighted by atomic mass is 10.2. The highest BCUT2D eigenvalue weighted by molar-refractivity contribution is 6.37. The lowest BCUT2D eigenvalue weighted by molar-refractivity contribution is 0.884. The first-order valence-corrected chi connectivity index (χ1v) is 7.10. The van der Waals surface area contributed by atoms with Crippen molar-refractivity contribution in [3.63, 3.8) is 0 Å². The van der Waals surface area contributed by atoms with Crippen molar-refractivity contribution in [3.05, 3.63) is 58.7 Å². The summed E-state index contributed by atoms with van der Waals surface area (Å²) in [6.45, 7) is 0. The Labute approximate surface area is 132 Å². The first-order chi connectivity index (χ1) is 10.2. The van der Waals surface area contributed by atoms with Gasteiger partial charge in [-0.25, -0.2) is 9.67 Å². The number of hydrogen-bond acceptors (Lipinski definition) is 3. The Kier molecular flexibility index (Phi) is 3.82.